The van der Waals surface area contributed by atoms with Gasteiger partial charge in [0.15, 0.2) is 5.65 Å². The molecule has 0 saturated carbocycles. The van der Waals surface area contributed by atoms with Crippen molar-refractivity contribution in [2.75, 3.05) is 5.32 Å². The van der Waals surface area contributed by atoms with Gasteiger partial charge in [-0.3, -0.25) is 0 Å². The molecule has 82 valence electrons. The van der Waals surface area contributed by atoms with Gasteiger partial charge in [0.05, 0.1) is 5.69 Å². The zero-order valence-corrected chi connectivity index (χ0v) is 9.17. The van der Waals surface area contributed by atoms with Crippen molar-refractivity contribution in [1.82, 2.24) is 9.97 Å². The quantitative estimate of drug-likeness (QED) is 0.721. The molecule has 0 bridgehead atoms. The molecule has 0 saturated heterocycles. The fourth-order valence-corrected chi connectivity index (χ4v) is 1.77. The van der Waals surface area contributed by atoms with E-state index in [4.69, 9.17) is 0 Å². The van der Waals surface area contributed by atoms with Crippen LogP contribution in [0.15, 0.2) is 60.9 Å². The van der Waals surface area contributed by atoms with E-state index in [1.807, 2.05) is 48.5 Å². The van der Waals surface area contributed by atoms with Gasteiger partial charge >= 0.3 is 0 Å². The van der Waals surface area contributed by atoms with Gasteiger partial charge in [0.1, 0.15) is 0 Å². The summed E-state index contributed by atoms with van der Waals surface area (Å²) in [7, 11) is 0. The highest BCUT2D eigenvalue weighted by atomic mass is 14.9. The van der Waals surface area contributed by atoms with Crippen molar-refractivity contribution in [3.63, 3.8) is 0 Å². The largest absolute Gasteiger partial charge is 0.355 e. The van der Waals surface area contributed by atoms with Crippen LogP contribution in [0.25, 0.3) is 11.0 Å². The van der Waals surface area contributed by atoms with Crippen LogP contribution in [0.2, 0.25) is 0 Å². The zero-order chi connectivity index (χ0) is 11.5. The second-order valence-electron chi connectivity index (χ2n) is 3.72. The lowest BCUT2D eigenvalue weighted by Gasteiger charge is -2.08. The van der Waals surface area contributed by atoms with Crippen LogP contribution in [0, 0.1) is 0 Å². The van der Waals surface area contributed by atoms with Crippen molar-refractivity contribution >= 4 is 22.4 Å². The van der Waals surface area contributed by atoms with Crippen LogP contribution in [0.1, 0.15) is 0 Å². The first kappa shape index (κ1) is 9.78. The molecule has 0 aliphatic carbocycles. The molecular formula is C14H11N3. The third-order valence-corrected chi connectivity index (χ3v) is 2.57. The molecule has 1 aromatic carbocycles. The van der Waals surface area contributed by atoms with Crippen molar-refractivity contribution in [3.05, 3.63) is 60.9 Å². The Kier molecular flexibility index (Phi) is 2.43. The Labute approximate surface area is 99.2 Å². The highest BCUT2D eigenvalue weighted by Crippen LogP contribution is 2.23. The molecule has 3 rings (SSSR count). The van der Waals surface area contributed by atoms with Crippen molar-refractivity contribution < 1.29 is 0 Å². The number of para-hydroxylation sites is 1. The van der Waals surface area contributed by atoms with E-state index in [-0.39, 0.29) is 0 Å². The molecule has 0 spiro atoms. The Balaban J connectivity index is 2.06. The summed E-state index contributed by atoms with van der Waals surface area (Å²) in [5.74, 6) is 0. The fraction of sp³-hybridized carbons (Fsp3) is 0. The fourth-order valence-electron chi connectivity index (χ4n) is 1.77. The molecule has 3 nitrogen and oxygen atoms in total. The van der Waals surface area contributed by atoms with Crippen LogP contribution < -0.4 is 5.32 Å². The minimum Gasteiger partial charge on any atom is -0.355 e. The Hall–Kier alpha value is -2.42. The molecule has 0 atom stereocenters. The molecule has 0 unspecified atom stereocenters. The first-order valence-electron chi connectivity index (χ1n) is 5.45. The SMILES string of the molecule is c1ccc(Nc2ccnc3ncccc23)cc1. The summed E-state index contributed by atoms with van der Waals surface area (Å²) in [5, 5.41) is 4.39. The lowest BCUT2D eigenvalue weighted by Crippen LogP contribution is -1.92. The molecule has 0 radical (unpaired) electrons. The Morgan fingerprint density at radius 1 is 0.765 bits per heavy atom. The topological polar surface area (TPSA) is 37.8 Å². The van der Waals surface area contributed by atoms with E-state index in [0.717, 1.165) is 22.4 Å². The van der Waals surface area contributed by atoms with Gasteiger partial charge < -0.3 is 5.32 Å². The minimum absolute atomic E-state index is 0.758. The predicted octanol–water partition coefficient (Wildman–Crippen LogP) is 3.37. The molecule has 0 fully saturated rings. The maximum atomic E-state index is 4.23. The highest BCUT2D eigenvalue weighted by Gasteiger charge is 2.01. The standard InChI is InChI=1S/C14H11N3/c1-2-5-11(6-3-1)17-13-8-10-16-14-12(13)7-4-9-15-14/h1-10H,(H,15,16,17). The normalized spacial score (nSPS) is 10.4. The summed E-state index contributed by atoms with van der Waals surface area (Å²) >= 11 is 0. The number of hydrogen-bond donors (Lipinski definition) is 1. The third-order valence-electron chi connectivity index (χ3n) is 2.57. The van der Waals surface area contributed by atoms with E-state index < -0.39 is 0 Å². The number of hydrogen-bond acceptors (Lipinski definition) is 3. The minimum atomic E-state index is 0.758. The second-order valence-corrected chi connectivity index (χ2v) is 3.72. The van der Waals surface area contributed by atoms with E-state index in [1.165, 1.54) is 0 Å². The van der Waals surface area contributed by atoms with Gasteiger partial charge in [-0.2, -0.15) is 0 Å². The molecule has 0 aliphatic heterocycles. The summed E-state index contributed by atoms with van der Waals surface area (Å²) < 4.78 is 0. The number of nitrogens with one attached hydrogen (secondary N) is 1. The maximum absolute atomic E-state index is 4.23. The molecule has 2 heterocycles. The molecular weight excluding hydrogens is 210 g/mol. The zero-order valence-electron chi connectivity index (χ0n) is 9.17. The number of benzene rings is 1. The van der Waals surface area contributed by atoms with Crippen molar-refractivity contribution in [2.24, 2.45) is 0 Å². The van der Waals surface area contributed by atoms with Crippen LogP contribution in [0.4, 0.5) is 11.4 Å². The number of fused-ring (bicyclic) bond motifs is 1. The first-order chi connectivity index (χ1) is 8.43. The van der Waals surface area contributed by atoms with E-state index in [9.17, 15) is 0 Å². The number of anilines is 2. The summed E-state index contributed by atoms with van der Waals surface area (Å²) in [6.45, 7) is 0. The van der Waals surface area contributed by atoms with Gasteiger partial charge in [0.25, 0.3) is 0 Å². The van der Waals surface area contributed by atoms with Crippen molar-refractivity contribution in [3.8, 4) is 0 Å². The third kappa shape index (κ3) is 1.95. The Bertz CT molecular complexity index is 630. The number of nitrogens with zero attached hydrogens (tertiary/aromatic N) is 2. The summed E-state index contributed by atoms with van der Waals surface area (Å²) in [4.78, 5) is 8.46. The van der Waals surface area contributed by atoms with Crippen molar-refractivity contribution in [1.29, 1.82) is 0 Å². The molecule has 17 heavy (non-hydrogen) atoms. The highest BCUT2D eigenvalue weighted by molar-refractivity contribution is 5.90. The lowest BCUT2D eigenvalue weighted by atomic mass is 10.2. The average molecular weight is 221 g/mol. The number of pyridine rings is 2. The summed E-state index contributed by atoms with van der Waals surface area (Å²) in [6.07, 6.45) is 3.52. The van der Waals surface area contributed by atoms with Crippen LogP contribution in [-0.4, -0.2) is 9.97 Å². The van der Waals surface area contributed by atoms with Gasteiger partial charge in [0.2, 0.25) is 0 Å². The smallest absolute Gasteiger partial charge is 0.161 e. The van der Waals surface area contributed by atoms with Crippen LogP contribution >= 0.6 is 0 Å². The molecule has 3 heteroatoms. The first-order valence-corrected chi connectivity index (χ1v) is 5.45. The molecule has 0 amide bonds. The van der Waals surface area contributed by atoms with E-state index in [1.54, 1.807) is 12.4 Å². The van der Waals surface area contributed by atoms with Gasteiger partial charge in [0, 0.05) is 23.5 Å². The summed E-state index contributed by atoms with van der Waals surface area (Å²) in [6, 6.07) is 16.0. The van der Waals surface area contributed by atoms with E-state index >= 15 is 0 Å². The monoisotopic (exact) mass is 221 g/mol. The molecule has 2 aromatic heterocycles. The van der Waals surface area contributed by atoms with Gasteiger partial charge in [-0.1, -0.05) is 18.2 Å². The Morgan fingerprint density at radius 3 is 2.47 bits per heavy atom. The van der Waals surface area contributed by atoms with Crippen LogP contribution in [0.3, 0.4) is 0 Å². The summed E-state index contributed by atoms with van der Waals surface area (Å²) in [5.41, 5.74) is 2.84. The number of aromatic nitrogens is 2. The molecule has 0 aliphatic rings. The van der Waals surface area contributed by atoms with Crippen LogP contribution in [-0.2, 0) is 0 Å². The van der Waals surface area contributed by atoms with E-state index in [0.29, 0.717) is 0 Å². The lowest BCUT2D eigenvalue weighted by molar-refractivity contribution is 1.29. The van der Waals surface area contributed by atoms with E-state index in [2.05, 4.69) is 15.3 Å². The Morgan fingerprint density at radius 2 is 1.59 bits per heavy atom. The van der Waals surface area contributed by atoms with Crippen LogP contribution in [0.5, 0.6) is 0 Å². The predicted molar refractivity (Wildman–Crippen MR) is 69.3 cm³/mol. The molecule has 3 aromatic rings. The van der Waals surface area contributed by atoms with Gasteiger partial charge in [-0.25, -0.2) is 9.97 Å². The second kappa shape index (κ2) is 4.22. The van der Waals surface area contributed by atoms with Gasteiger partial charge in [-0.05, 0) is 30.3 Å². The molecule has 1 N–H and O–H groups in total. The van der Waals surface area contributed by atoms with Gasteiger partial charge in [-0.15, -0.1) is 0 Å². The number of rotatable bonds is 2. The average Bonchev–Trinajstić information content (AvgIpc) is 2.40. The van der Waals surface area contributed by atoms with Crippen molar-refractivity contribution in [2.45, 2.75) is 0 Å². The maximum Gasteiger partial charge on any atom is 0.161 e.